The highest BCUT2D eigenvalue weighted by atomic mass is 79.9. The second-order valence-electron chi connectivity index (χ2n) is 5.77. The molecule has 2 rings (SSSR count). The van der Waals surface area contributed by atoms with E-state index in [0.717, 1.165) is 10.2 Å². The van der Waals surface area contributed by atoms with E-state index in [1.54, 1.807) is 18.3 Å². The Morgan fingerprint density at radius 1 is 1.10 bits per heavy atom. The van der Waals surface area contributed by atoms with Crippen molar-refractivity contribution in [3.63, 3.8) is 0 Å². The van der Waals surface area contributed by atoms with E-state index in [1.165, 1.54) is 5.56 Å². The monoisotopic (exact) mass is 347 g/mol. The molecule has 1 aromatic heterocycles. The summed E-state index contributed by atoms with van der Waals surface area (Å²) >= 11 is 3.33. The Morgan fingerprint density at radius 3 is 2.33 bits per heavy atom. The minimum absolute atomic E-state index is 0.0982. The number of amides is 2. The third-order valence-electron chi connectivity index (χ3n) is 2.97. The van der Waals surface area contributed by atoms with Crippen molar-refractivity contribution in [1.82, 2.24) is 4.98 Å². The third-order valence-corrected chi connectivity index (χ3v) is 3.47. The van der Waals surface area contributed by atoms with Crippen LogP contribution in [-0.4, -0.2) is 11.0 Å². The molecule has 0 spiro atoms. The van der Waals surface area contributed by atoms with Gasteiger partial charge in [-0.05, 0) is 35.2 Å². The number of urea groups is 1. The number of carbonyl (C=O) groups excluding carboxylic acids is 1. The van der Waals surface area contributed by atoms with Gasteiger partial charge in [-0.3, -0.25) is 5.32 Å². The predicted molar refractivity (Wildman–Crippen MR) is 89.7 cm³/mol. The van der Waals surface area contributed by atoms with Crippen LogP contribution in [0, 0.1) is 0 Å². The van der Waals surface area contributed by atoms with Gasteiger partial charge in [0.25, 0.3) is 0 Å². The zero-order chi connectivity index (χ0) is 15.5. The van der Waals surface area contributed by atoms with Crippen LogP contribution in [0.1, 0.15) is 26.3 Å². The molecule has 0 saturated carbocycles. The zero-order valence-electron chi connectivity index (χ0n) is 12.3. The largest absolute Gasteiger partial charge is 0.324 e. The van der Waals surface area contributed by atoms with E-state index >= 15 is 0 Å². The molecule has 4 nitrogen and oxygen atoms in total. The van der Waals surface area contributed by atoms with Crippen LogP contribution in [0.15, 0.2) is 47.1 Å². The molecule has 2 aromatic rings. The summed E-state index contributed by atoms with van der Waals surface area (Å²) in [5, 5.41) is 5.47. The SMILES string of the molecule is CC(C)(C)c1ccc(NC(=O)Nc2cc(Br)ccn2)cc1. The van der Waals surface area contributed by atoms with Gasteiger partial charge in [0.1, 0.15) is 5.82 Å². The molecule has 0 fully saturated rings. The summed E-state index contributed by atoms with van der Waals surface area (Å²) in [6.45, 7) is 6.46. The standard InChI is InChI=1S/C16H18BrN3O/c1-16(2,3)11-4-6-13(7-5-11)19-15(21)20-14-10-12(17)8-9-18-14/h4-10H,1-3H3,(H2,18,19,20,21). The number of halogens is 1. The van der Waals surface area contributed by atoms with Crippen molar-refractivity contribution in [2.75, 3.05) is 10.6 Å². The lowest BCUT2D eigenvalue weighted by Crippen LogP contribution is -2.20. The minimum atomic E-state index is -0.316. The van der Waals surface area contributed by atoms with E-state index in [1.807, 2.05) is 24.3 Å². The van der Waals surface area contributed by atoms with Gasteiger partial charge in [0, 0.05) is 16.4 Å². The molecule has 0 aliphatic rings. The molecule has 0 atom stereocenters. The maximum Gasteiger partial charge on any atom is 0.324 e. The second-order valence-corrected chi connectivity index (χ2v) is 6.68. The Bertz CT molecular complexity index is 633. The Morgan fingerprint density at radius 2 is 1.76 bits per heavy atom. The first-order chi connectivity index (χ1) is 9.84. The summed E-state index contributed by atoms with van der Waals surface area (Å²) < 4.78 is 0.863. The average Bonchev–Trinajstić information content (AvgIpc) is 2.38. The Kier molecular flexibility index (Phi) is 4.63. The van der Waals surface area contributed by atoms with Crippen molar-refractivity contribution >= 4 is 33.5 Å². The van der Waals surface area contributed by atoms with Gasteiger partial charge in [0.05, 0.1) is 0 Å². The molecule has 0 radical (unpaired) electrons. The van der Waals surface area contributed by atoms with Gasteiger partial charge in [-0.2, -0.15) is 0 Å². The lowest BCUT2D eigenvalue weighted by molar-refractivity contribution is 0.262. The van der Waals surface area contributed by atoms with Crippen molar-refractivity contribution in [3.8, 4) is 0 Å². The average molecular weight is 348 g/mol. The number of aromatic nitrogens is 1. The number of nitrogens with one attached hydrogen (secondary N) is 2. The fourth-order valence-corrected chi connectivity index (χ4v) is 2.14. The van der Waals surface area contributed by atoms with E-state index in [9.17, 15) is 4.79 Å². The van der Waals surface area contributed by atoms with Crippen LogP contribution in [0.5, 0.6) is 0 Å². The minimum Gasteiger partial charge on any atom is -0.308 e. The summed E-state index contributed by atoms with van der Waals surface area (Å²) in [5.41, 5.74) is 2.07. The Labute approximate surface area is 133 Å². The highest BCUT2D eigenvalue weighted by molar-refractivity contribution is 9.10. The lowest BCUT2D eigenvalue weighted by Gasteiger charge is -2.19. The van der Waals surface area contributed by atoms with Crippen LogP contribution in [0.25, 0.3) is 0 Å². The number of carbonyl (C=O) groups is 1. The Hall–Kier alpha value is -1.88. The lowest BCUT2D eigenvalue weighted by atomic mass is 9.87. The van der Waals surface area contributed by atoms with Crippen LogP contribution in [0.4, 0.5) is 16.3 Å². The number of rotatable bonds is 2. The number of hydrogen-bond donors (Lipinski definition) is 2. The number of hydrogen-bond acceptors (Lipinski definition) is 2. The van der Waals surface area contributed by atoms with E-state index < -0.39 is 0 Å². The van der Waals surface area contributed by atoms with E-state index in [0.29, 0.717) is 5.82 Å². The van der Waals surface area contributed by atoms with Crippen molar-refractivity contribution in [2.24, 2.45) is 0 Å². The molecule has 0 unspecified atom stereocenters. The first-order valence-corrected chi connectivity index (χ1v) is 7.44. The van der Waals surface area contributed by atoms with Gasteiger partial charge in [0.2, 0.25) is 0 Å². The molecule has 1 aromatic carbocycles. The number of nitrogens with zero attached hydrogens (tertiary/aromatic N) is 1. The van der Waals surface area contributed by atoms with Crippen LogP contribution in [0.2, 0.25) is 0 Å². The van der Waals surface area contributed by atoms with Crippen molar-refractivity contribution in [2.45, 2.75) is 26.2 Å². The molecule has 0 aliphatic heterocycles. The third kappa shape index (κ3) is 4.56. The maximum absolute atomic E-state index is 11.9. The normalized spacial score (nSPS) is 11.0. The van der Waals surface area contributed by atoms with Crippen LogP contribution in [0.3, 0.4) is 0 Å². The van der Waals surface area contributed by atoms with Crippen LogP contribution in [-0.2, 0) is 5.41 Å². The highest BCUT2D eigenvalue weighted by Gasteiger charge is 2.13. The summed E-state index contributed by atoms with van der Waals surface area (Å²) in [6, 6.07) is 11.1. The quantitative estimate of drug-likeness (QED) is 0.820. The summed E-state index contributed by atoms with van der Waals surface area (Å²) in [6.07, 6.45) is 1.62. The molecule has 1 heterocycles. The van der Waals surface area contributed by atoms with Gasteiger partial charge in [-0.1, -0.05) is 48.8 Å². The predicted octanol–water partition coefficient (Wildman–Crippen LogP) is 4.79. The summed E-state index contributed by atoms with van der Waals surface area (Å²) in [5.74, 6) is 0.494. The topological polar surface area (TPSA) is 54.0 Å². The van der Waals surface area contributed by atoms with Crippen LogP contribution >= 0.6 is 15.9 Å². The maximum atomic E-state index is 11.9. The van der Waals surface area contributed by atoms with Crippen molar-refractivity contribution in [1.29, 1.82) is 0 Å². The molecule has 0 saturated heterocycles. The van der Waals surface area contributed by atoms with E-state index in [-0.39, 0.29) is 11.4 Å². The van der Waals surface area contributed by atoms with Crippen molar-refractivity contribution in [3.05, 3.63) is 52.6 Å². The van der Waals surface area contributed by atoms with Gasteiger partial charge in [0.15, 0.2) is 0 Å². The first-order valence-electron chi connectivity index (χ1n) is 6.65. The van der Waals surface area contributed by atoms with Gasteiger partial charge in [-0.15, -0.1) is 0 Å². The molecule has 0 bridgehead atoms. The zero-order valence-corrected chi connectivity index (χ0v) is 13.9. The molecule has 110 valence electrons. The molecule has 5 heteroatoms. The fourth-order valence-electron chi connectivity index (χ4n) is 1.81. The highest BCUT2D eigenvalue weighted by Crippen LogP contribution is 2.23. The Balaban J connectivity index is 2.00. The van der Waals surface area contributed by atoms with Gasteiger partial charge >= 0.3 is 6.03 Å². The molecule has 21 heavy (non-hydrogen) atoms. The number of pyridine rings is 1. The first kappa shape index (κ1) is 15.5. The molecule has 0 aliphatic carbocycles. The number of benzene rings is 1. The molecule has 2 N–H and O–H groups in total. The molecular weight excluding hydrogens is 330 g/mol. The molecular formula is C16H18BrN3O. The van der Waals surface area contributed by atoms with Crippen LogP contribution < -0.4 is 10.6 Å². The van der Waals surface area contributed by atoms with Gasteiger partial charge < -0.3 is 5.32 Å². The van der Waals surface area contributed by atoms with E-state index in [4.69, 9.17) is 0 Å². The number of anilines is 2. The fraction of sp³-hybridized carbons (Fsp3) is 0.250. The summed E-state index contributed by atoms with van der Waals surface area (Å²) in [7, 11) is 0. The summed E-state index contributed by atoms with van der Waals surface area (Å²) in [4.78, 5) is 16.0. The molecule has 2 amide bonds. The smallest absolute Gasteiger partial charge is 0.308 e. The van der Waals surface area contributed by atoms with E-state index in [2.05, 4.69) is 52.3 Å². The second kappa shape index (κ2) is 6.26. The van der Waals surface area contributed by atoms with Gasteiger partial charge in [-0.25, -0.2) is 9.78 Å². The van der Waals surface area contributed by atoms with Crippen molar-refractivity contribution < 1.29 is 4.79 Å².